The predicted molar refractivity (Wildman–Crippen MR) is 99.1 cm³/mol. The lowest BCUT2D eigenvalue weighted by Gasteiger charge is -2.16. The fourth-order valence-corrected chi connectivity index (χ4v) is 3.24. The van der Waals surface area contributed by atoms with Crippen LogP contribution in [0.15, 0.2) is 30.9 Å². The summed E-state index contributed by atoms with van der Waals surface area (Å²) >= 11 is 0. The van der Waals surface area contributed by atoms with Gasteiger partial charge in [-0.25, -0.2) is 19.3 Å². The number of hydrogen-bond donors (Lipinski definition) is 3. The summed E-state index contributed by atoms with van der Waals surface area (Å²) in [6.07, 6.45) is 4.35. The van der Waals surface area contributed by atoms with E-state index in [9.17, 15) is 14.6 Å². The van der Waals surface area contributed by atoms with Crippen molar-refractivity contribution in [3.63, 3.8) is 0 Å². The van der Waals surface area contributed by atoms with Gasteiger partial charge in [0.25, 0.3) is 0 Å². The van der Waals surface area contributed by atoms with Crippen molar-refractivity contribution in [2.75, 3.05) is 5.32 Å². The zero-order chi connectivity index (χ0) is 19.8. The highest BCUT2D eigenvalue weighted by Gasteiger charge is 2.43. The summed E-state index contributed by atoms with van der Waals surface area (Å²) in [5.41, 5.74) is 1.81. The van der Waals surface area contributed by atoms with Crippen LogP contribution in [0.5, 0.6) is 0 Å². The molecular formula is C19H18FN5O3. The van der Waals surface area contributed by atoms with E-state index in [0.29, 0.717) is 28.2 Å². The molecule has 1 fully saturated rings. The number of anilines is 2. The molecule has 2 aromatic heterocycles. The highest BCUT2D eigenvalue weighted by atomic mass is 19.1. The summed E-state index contributed by atoms with van der Waals surface area (Å²) in [5, 5.41) is 23.6. The van der Waals surface area contributed by atoms with E-state index in [4.69, 9.17) is 11.2 Å². The Kier molecular flexibility index (Phi) is 4.68. The van der Waals surface area contributed by atoms with Crippen LogP contribution in [-0.4, -0.2) is 48.0 Å². The van der Waals surface area contributed by atoms with Crippen LogP contribution in [-0.2, 0) is 4.74 Å². The molecule has 4 atom stereocenters. The molecular weight excluding hydrogens is 365 g/mol. The third-order valence-corrected chi connectivity index (χ3v) is 4.81. The molecule has 1 aliphatic heterocycles. The number of aliphatic hydroxyl groups is 2. The standard InChI is InChI=1S/C19H18FN5O3/c1-3-5-13-15(26)16(27)19(28-13)25-9-23-14-17(21-8-22-18(14)25)24-12-7-4-6-11(20)10(12)2/h1,4,6-9,13,15-16,19,26-27H,5H2,2H3,(H,21,22,24). The molecule has 4 rings (SSSR count). The monoisotopic (exact) mass is 383 g/mol. The normalized spacial score (nSPS) is 24.4. The number of halogens is 1. The summed E-state index contributed by atoms with van der Waals surface area (Å²) in [7, 11) is 0. The van der Waals surface area contributed by atoms with Crippen LogP contribution in [0.25, 0.3) is 11.2 Å². The zero-order valence-electron chi connectivity index (χ0n) is 15.0. The molecule has 9 heteroatoms. The van der Waals surface area contributed by atoms with Gasteiger partial charge < -0.3 is 20.3 Å². The number of aromatic nitrogens is 4. The minimum atomic E-state index is -1.19. The molecule has 0 spiro atoms. The Labute approximate surface area is 160 Å². The van der Waals surface area contributed by atoms with E-state index in [1.165, 1.54) is 23.3 Å². The first-order valence-electron chi connectivity index (χ1n) is 8.66. The Bertz CT molecular complexity index is 1060. The average Bonchev–Trinajstić information content (AvgIpc) is 3.23. The summed E-state index contributed by atoms with van der Waals surface area (Å²) in [4.78, 5) is 12.7. The number of terminal acetylenes is 1. The zero-order valence-corrected chi connectivity index (χ0v) is 15.0. The van der Waals surface area contributed by atoms with Crippen molar-refractivity contribution in [2.24, 2.45) is 0 Å². The van der Waals surface area contributed by atoms with Crippen LogP contribution in [0.1, 0.15) is 18.2 Å². The molecule has 8 nitrogen and oxygen atoms in total. The van der Waals surface area contributed by atoms with E-state index in [1.54, 1.807) is 19.1 Å². The fraction of sp³-hybridized carbons (Fsp3) is 0.316. The van der Waals surface area contributed by atoms with Gasteiger partial charge in [-0.15, -0.1) is 12.3 Å². The van der Waals surface area contributed by atoms with Crippen LogP contribution in [0.2, 0.25) is 0 Å². The number of benzene rings is 1. The molecule has 0 radical (unpaired) electrons. The second-order valence-electron chi connectivity index (χ2n) is 6.54. The first-order valence-corrected chi connectivity index (χ1v) is 8.66. The molecule has 3 aromatic rings. The molecule has 0 aliphatic carbocycles. The quantitative estimate of drug-likeness (QED) is 0.589. The van der Waals surface area contributed by atoms with Crippen molar-refractivity contribution >= 4 is 22.7 Å². The van der Waals surface area contributed by atoms with Crippen LogP contribution in [0.4, 0.5) is 15.9 Å². The third-order valence-electron chi connectivity index (χ3n) is 4.81. The van der Waals surface area contributed by atoms with Crippen molar-refractivity contribution in [1.82, 2.24) is 19.5 Å². The van der Waals surface area contributed by atoms with Gasteiger partial charge in [0.05, 0.1) is 12.4 Å². The van der Waals surface area contributed by atoms with Crippen molar-refractivity contribution in [2.45, 2.75) is 37.9 Å². The lowest BCUT2D eigenvalue weighted by Crippen LogP contribution is -2.31. The smallest absolute Gasteiger partial charge is 0.167 e. The lowest BCUT2D eigenvalue weighted by molar-refractivity contribution is -0.0332. The van der Waals surface area contributed by atoms with Crippen molar-refractivity contribution in [3.8, 4) is 12.3 Å². The molecule has 1 aliphatic rings. The number of ether oxygens (including phenoxy) is 1. The average molecular weight is 383 g/mol. The molecule has 28 heavy (non-hydrogen) atoms. The van der Waals surface area contributed by atoms with Crippen molar-refractivity contribution in [1.29, 1.82) is 0 Å². The number of rotatable bonds is 4. The van der Waals surface area contributed by atoms with Crippen LogP contribution in [0, 0.1) is 25.1 Å². The van der Waals surface area contributed by atoms with Crippen LogP contribution >= 0.6 is 0 Å². The topological polar surface area (TPSA) is 105 Å². The molecule has 4 unspecified atom stereocenters. The second kappa shape index (κ2) is 7.16. The molecule has 0 bridgehead atoms. The molecule has 3 heterocycles. The Balaban J connectivity index is 1.70. The number of hydrogen-bond acceptors (Lipinski definition) is 7. The minimum Gasteiger partial charge on any atom is -0.387 e. The van der Waals surface area contributed by atoms with Crippen molar-refractivity contribution < 1.29 is 19.3 Å². The predicted octanol–water partition coefficient (Wildman–Crippen LogP) is 1.66. The Morgan fingerprint density at radius 1 is 1.29 bits per heavy atom. The van der Waals surface area contributed by atoms with Gasteiger partial charge >= 0.3 is 0 Å². The summed E-state index contributed by atoms with van der Waals surface area (Å²) in [5.74, 6) is 2.47. The first-order chi connectivity index (χ1) is 13.5. The van der Waals surface area contributed by atoms with Gasteiger partial charge in [0.2, 0.25) is 0 Å². The lowest BCUT2D eigenvalue weighted by atomic mass is 10.1. The maximum Gasteiger partial charge on any atom is 0.167 e. The Morgan fingerprint density at radius 2 is 2.11 bits per heavy atom. The number of nitrogens with zero attached hydrogens (tertiary/aromatic N) is 4. The van der Waals surface area contributed by atoms with Gasteiger partial charge in [-0.3, -0.25) is 4.57 Å². The number of aliphatic hydroxyl groups excluding tert-OH is 2. The largest absolute Gasteiger partial charge is 0.387 e. The maximum atomic E-state index is 13.8. The second-order valence-corrected chi connectivity index (χ2v) is 6.54. The third kappa shape index (κ3) is 2.97. The highest BCUT2D eigenvalue weighted by molar-refractivity contribution is 5.85. The van der Waals surface area contributed by atoms with Gasteiger partial charge in [0.15, 0.2) is 23.2 Å². The molecule has 1 saturated heterocycles. The highest BCUT2D eigenvalue weighted by Crippen LogP contribution is 2.34. The first kappa shape index (κ1) is 18.3. The van der Waals surface area contributed by atoms with E-state index < -0.39 is 24.5 Å². The van der Waals surface area contributed by atoms with Crippen LogP contribution in [0.3, 0.4) is 0 Å². The summed E-state index contributed by atoms with van der Waals surface area (Å²) < 4.78 is 21.0. The van der Waals surface area contributed by atoms with E-state index >= 15 is 0 Å². The van der Waals surface area contributed by atoms with E-state index in [2.05, 4.69) is 26.2 Å². The Morgan fingerprint density at radius 3 is 2.89 bits per heavy atom. The number of fused-ring (bicyclic) bond motifs is 1. The molecule has 144 valence electrons. The SMILES string of the molecule is C#CCC1OC(n2cnc3c(Nc4cccc(F)c4C)ncnc32)C(O)C1O. The van der Waals surface area contributed by atoms with Crippen molar-refractivity contribution in [3.05, 3.63) is 42.2 Å². The van der Waals surface area contributed by atoms with E-state index in [0.717, 1.165) is 0 Å². The molecule has 0 saturated carbocycles. The van der Waals surface area contributed by atoms with Gasteiger partial charge in [-0.05, 0) is 19.1 Å². The molecule has 3 N–H and O–H groups in total. The summed E-state index contributed by atoms with van der Waals surface area (Å²) in [6, 6.07) is 4.70. The van der Waals surface area contributed by atoms with Crippen LogP contribution < -0.4 is 5.32 Å². The summed E-state index contributed by atoms with van der Waals surface area (Å²) in [6.45, 7) is 1.66. The molecule has 1 aromatic carbocycles. The van der Waals surface area contributed by atoms with E-state index in [-0.39, 0.29) is 12.2 Å². The van der Waals surface area contributed by atoms with Gasteiger partial charge in [0, 0.05) is 17.7 Å². The maximum absolute atomic E-state index is 13.8. The number of nitrogens with one attached hydrogen (secondary N) is 1. The number of imidazole rings is 1. The van der Waals surface area contributed by atoms with Gasteiger partial charge in [-0.2, -0.15) is 0 Å². The Hall–Kier alpha value is -3.06. The fourth-order valence-electron chi connectivity index (χ4n) is 3.24. The minimum absolute atomic E-state index is 0.169. The van der Waals surface area contributed by atoms with E-state index in [1.807, 2.05) is 0 Å². The van der Waals surface area contributed by atoms with Gasteiger partial charge in [-0.1, -0.05) is 6.07 Å². The van der Waals surface area contributed by atoms with Gasteiger partial charge in [0.1, 0.15) is 24.4 Å². The molecule has 0 amide bonds.